The highest BCUT2D eigenvalue weighted by molar-refractivity contribution is 5.79. The fourth-order valence-corrected chi connectivity index (χ4v) is 2.34. The van der Waals surface area contributed by atoms with Crippen LogP contribution in [0.4, 0.5) is 8.78 Å². The highest BCUT2D eigenvalue weighted by Gasteiger charge is 2.46. The molecule has 1 saturated carbocycles. The van der Waals surface area contributed by atoms with Crippen molar-refractivity contribution in [1.82, 2.24) is 9.80 Å². The van der Waals surface area contributed by atoms with Gasteiger partial charge in [-0.25, -0.2) is 8.78 Å². The van der Waals surface area contributed by atoms with Gasteiger partial charge in [0.2, 0.25) is 11.8 Å². The van der Waals surface area contributed by atoms with E-state index < -0.39 is 5.92 Å². The molecular formula is C10H16F2N2O. The Balaban J connectivity index is 1.76. The number of hydrogen-bond acceptors (Lipinski definition) is 2. The van der Waals surface area contributed by atoms with Crippen LogP contribution in [0.5, 0.6) is 0 Å². The molecule has 1 amide bonds. The van der Waals surface area contributed by atoms with Crippen molar-refractivity contribution in [2.45, 2.75) is 25.7 Å². The lowest BCUT2D eigenvalue weighted by Gasteiger charge is -2.36. The molecular weight excluding hydrogens is 202 g/mol. The van der Waals surface area contributed by atoms with Crippen molar-refractivity contribution in [3.05, 3.63) is 0 Å². The number of carbonyl (C=O) groups is 1. The molecule has 1 aliphatic carbocycles. The van der Waals surface area contributed by atoms with Crippen LogP contribution in [0.15, 0.2) is 0 Å². The Hall–Kier alpha value is -0.710. The maximum Gasteiger partial charge on any atom is 0.248 e. The van der Waals surface area contributed by atoms with E-state index in [9.17, 15) is 13.6 Å². The lowest BCUT2D eigenvalue weighted by atomic mass is 9.81. The molecule has 2 rings (SSSR count). The van der Waals surface area contributed by atoms with Crippen LogP contribution in [0.3, 0.4) is 0 Å². The first kappa shape index (κ1) is 10.8. The van der Waals surface area contributed by atoms with Gasteiger partial charge in [-0.15, -0.1) is 0 Å². The monoisotopic (exact) mass is 218 g/mol. The normalized spacial score (nSPS) is 27.1. The molecule has 2 fully saturated rings. The number of hydrogen-bond donors (Lipinski definition) is 0. The summed E-state index contributed by atoms with van der Waals surface area (Å²) in [6.07, 6.45) is -0.0202. The molecule has 86 valence electrons. The summed E-state index contributed by atoms with van der Waals surface area (Å²) in [7, 11) is 0. The molecule has 5 heteroatoms. The molecule has 1 saturated heterocycles. The summed E-state index contributed by atoms with van der Waals surface area (Å²) < 4.78 is 25.2. The highest BCUT2D eigenvalue weighted by Crippen LogP contribution is 2.42. The molecule has 0 bridgehead atoms. The average Bonchev–Trinajstić information content (AvgIpc) is 2.43. The zero-order valence-electron chi connectivity index (χ0n) is 8.88. The first-order valence-corrected chi connectivity index (χ1v) is 5.38. The predicted molar refractivity (Wildman–Crippen MR) is 51.5 cm³/mol. The second-order valence-electron chi connectivity index (χ2n) is 4.53. The van der Waals surface area contributed by atoms with Gasteiger partial charge in [0.25, 0.3) is 0 Å². The summed E-state index contributed by atoms with van der Waals surface area (Å²) in [5.74, 6) is -2.26. The van der Waals surface area contributed by atoms with E-state index >= 15 is 0 Å². The van der Waals surface area contributed by atoms with Gasteiger partial charge < -0.3 is 4.90 Å². The zero-order chi connectivity index (χ0) is 11.1. The third-order valence-corrected chi connectivity index (χ3v) is 3.16. The van der Waals surface area contributed by atoms with Crippen LogP contribution in [0.25, 0.3) is 0 Å². The molecule has 15 heavy (non-hydrogen) atoms. The lowest BCUT2D eigenvalue weighted by Crippen LogP contribution is -2.42. The number of amides is 1. The molecule has 0 unspecified atom stereocenters. The Morgan fingerprint density at radius 3 is 2.60 bits per heavy atom. The Kier molecular flexibility index (Phi) is 2.66. The highest BCUT2D eigenvalue weighted by atomic mass is 19.3. The number of alkyl halides is 2. The van der Waals surface area contributed by atoms with Crippen LogP contribution in [0, 0.1) is 5.92 Å². The van der Waals surface area contributed by atoms with Crippen molar-refractivity contribution in [1.29, 1.82) is 0 Å². The number of likely N-dealkylation sites (N-methyl/N-ethyl adjacent to an activating group) is 1. The average molecular weight is 218 g/mol. The Morgan fingerprint density at radius 1 is 1.47 bits per heavy atom. The molecule has 0 radical (unpaired) electrons. The summed E-state index contributed by atoms with van der Waals surface area (Å²) in [6.45, 7) is 4.28. The molecule has 3 nitrogen and oxygen atoms in total. The standard InChI is InChI=1S/C10H16F2N2O/c1-2-14-7-13(6-9(14)15)5-8-3-10(11,12)4-8/h8H,2-7H2,1H3. The van der Waals surface area contributed by atoms with E-state index in [1.807, 2.05) is 11.8 Å². The fraction of sp³-hybridized carbons (Fsp3) is 0.900. The first-order chi connectivity index (χ1) is 7.00. The second kappa shape index (κ2) is 3.70. The third-order valence-electron chi connectivity index (χ3n) is 3.16. The molecule has 1 heterocycles. The third kappa shape index (κ3) is 2.27. The number of nitrogens with zero attached hydrogens (tertiary/aromatic N) is 2. The SMILES string of the molecule is CCN1CN(CC2CC(F)(F)C2)CC1=O. The van der Waals surface area contributed by atoms with E-state index in [2.05, 4.69) is 0 Å². The van der Waals surface area contributed by atoms with Crippen LogP contribution in [-0.2, 0) is 4.79 Å². The van der Waals surface area contributed by atoms with Gasteiger partial charge in [0.15, 0.2) is 0 Å². The van der Waals surface area contributed by atoms with Gasteiger partial charge in [-0.3, -0.25) is 9.69 Å². The van der Waals surface area contributed by atoms with Crippen LogP contribution >= 0.6 is 0 Å². The Morgan fingerprint density at radius 2 is 2.13 bits per heavy atom. The van der Waals surface area contributed by atoms with E-state index in [-0.39, 0.29) is 24.7 Å². The van der Waals surface area contributed by atoms with Crippen molar-refractivity contribution < 1.29 is 13.6 Å². The van der Waals surface area contributed by atoms with Gasteiger partial charge >= 0.3 is 0 Å². The van der Waals surface area contributed by atoms with Crippen molar-refractivity contribution in [2.24, 2.45) is 5.92 Å². The van der Waals surface area contributed by atoms with Crippen molar-refractivity contribution >= 4 is 5.91 Å². The number of halogens is 2. The molecule has 1 aliphatic heterocycles. The van der Waals surface area contributed by atoms with Gasteiger partial charge in [-0.05, 0) is 12.8 Å². The largest absolute Gasteiger partial charge is 0.329 e. The van der Waals surface area contributed by atoms with E-state index in [4.69, 9.17) is 0 Å². The van der Waals surface area contributed by atoms with Crippen LogP contribution in [0.1, 0.15) is 19.8 Å². The van der Waals surface area contributed by atoms with Crippen molar-refractivity contribution in [2.75, 3.05) is 26.3 Å². The van der Waals surface area contributed by atoms with E-state index in [0.717, 1.165) is 0 Å². The van der Waals surface area contributed by atoms with Gasteiger partial charge in [0, 0.05) is 25.9 Å². The predicted octanol–water partition coefficient (Wildman–Crippen LogP) is 1.15. The van der Waals surface area contributed by atoms with Gasteiger partial charge in [0.05, 0.1) is 13.2 Å². The maximum atomic E-state index is 12.6. The summed E-state index contributed by atoms with van der Waals surface area (Å²) >= 11 is 0. The van der Waals surface area contributed by atoms with Gasteiger partial charge in [0.1, 0.15) is 0 Å². The molecule has 0 aromatic heterocycles. The summed E-state index contributed by atoms with van der Waals surface area (Å²) in [5, 5.41) is 0. The summed E-state index contributed by atoms with van der Waals surface area (Å²) in [4.78, 5) is 15.1. The summed E-state index contributed by atoms with van der Waals surface area (Å²) in [6, 6.07) is 0. The quantitative estimate of drug-likeness (QED) is 0.709. The molecule has 0 aromatic rings. The minimum atomic E-state index is -2.45. The maximum absolute atomic E-state index is 12.6. The van der Waals surface area contributed by atoms with E-state index in [1.165, 1.54) is 0 Å². The van der Waals surface area contributed by atoms with Crippen molar-refractivity contribution in [3.63, 3.8) is 0 Å². The first-order valence-electron chi connectivity index (χ1n) is 5.38. The van der Waals surface area contributed by atoms with E-state index in [1.54, 1.807) is 4.90 Å². The number of rotatable bonds is 3. The van der Waals surface area contributed by atoms with Crippen LogP contribution < -0.4 is 0 Å². The Bertz CT molecular complexity index is 262. The smallest absolute Gasteiger partial charge is 0.248 e. The molecule has 0 N–H and O–H groups in total. The topological polar surface area (TPSA) is 23.6 Å². The van der Waals surface area contributed by atoms with Crippen molar-refractivity contribution in [3.8, 4) is 0 Å². The molecule has 0 aromatic carbocycles. The van der Waals surface area contributed by atoms with E-state index in [0.29, 0.717) is 26.3 Å². The number of carbonyl (C=O) groups excluding carboxylic acids is 1. The zero-order valence-corrected chi connectivity index (χ0v) is 8.88. The second-order valence-corrected chi connectivity index (χ2v) is 4.53. The molecule has 0 atom stereocenters. The minimum absolute atomic E-state index is 0.0101. The Labute approximate surface area is 88.0 Å². The summed E-state index contributed by atoms with van der Waals surface area (Å²) in [5.41, 5.74) is 0. The molecule has 2 aliphatic rings. The lowest BCUT2D eigenvalue weighted by molar-refractivity contribution is -0.126. The van der Waals surface area contributed by atoms with Gasteiger partial charge in [-0.1, -0.05) is 0 Å². The minimum Gasteiger partial charge on any atom is -0.329 e. The van der Waals surface area contributed by atoms with Crippen LogP contribution in [0.2, 0.25) is 0 Å². The fourth-order valence-electron chi connectivity index (χ4n) is 2.34. The molecule has 0 spiro atoms. The van der Waals surface area contributed by atoms with Crippen LogP contribution in [-0.4, -0.2) is 47.9 Å². The van der Waals surface area contributed by atoms with Gasteiger partial charge in [-0.2, -0.15) is 0 Å².